The summed E-state index contributed by atoms with van der Waals surface area (Å²) in [4.78, 5) is 18.7. The van der Waals surface area contributed by atoms with E-state index < -0.39 is 0 Å². The van der Waals surface area contributed by atoms with Crippen LogP contribution in [-0.2, 0) is 4.74 Å². The lowest BCUT2D eigenvalue weighted by Crippen LogP contribution is -2.50. The third-order valence-corrected chi connectivity index (χ3v) is 3.40. The lowest BCUT2D eigenvalue weighted by molar-refractivity contribution is -0.0858. The Morgan fingerprint density at radius 2 is 2.38 bits per heavy atom. The van der Waals surface area contributed by atoms with Crippen LogP contribution in [0.5, 0.6) is 0 Å². The van der Waals surface area contributed by atoms with Gasteiger partial charge in [-0.3, -0.25) is 4.79 Å². The molecule has 1 fully saturated rings. The number of aliphatic hydroxyl groups excluding tert-OH is 1. The van der Waals surface area contributed by atoms with Crippen LogP contribution in [0.3, 0.4) is 0 Å². The smallest absolute Gasteiger partial charge is 0.257 e. The number of morpholine rings is 1. The normalized spacial score (nSPS) is 22.1. The number of hydrogen-bond acceptors (Lipinski definition) is 5. The van der Waals surface area contributed by atoms with Crippen molar-refractivity contribution >= 4 is 11.7 Å². The second kappa shape index (κ2) is 7.38. The maximum atomic E-state index is 12.7. The van der Waals surface area contributed by atoms with E-state index in [-0.39, 0.29) is 24.7 Å². The highest BCUT2D eigenvalue weighted by Crippen LogP contribution is 2.18. The number of rotatable bonds is 5. The van der Waals surface area contributed by atoms with Crippen molar-refractivity contribution in [1.82, 2.24) is 9.88 Å². The van der Waals surface area contributed by atoms with Gasteiger partial charge in [-0.15, -0.1) is 0 Å². The molecule has 1 aromatic heterocycles. The van der Waals surface area contributed by atoms with Crippen LogP contribution < -0.4 is 5.32 Å². The molecule has 2 heterocycles. The molecule has 6 nitrogen and oxygen atoms in total. The SMILES string of the molecule is CCCNc1ncccc1C(=O)N1CC(C)OC(CO)C1. The molecular formula is C15H23N3O3. The summed E-state index contributed by atoms with van der Waals surface area (Å²) < 4.78 is 5.57. The number of nitrogens with one attached hydrogen (secondary N) is 1. The number of pyridine rings is 1. The van der Waals surface area contributed by atoms with Gasteiger partial charge >= 0.3 is 0 Å². The van der Waals surface area contributed by atoms with Gasteiger partial charge in [0.2, 0.25) is 0 Å². The van der Waals surface area contributed by atoms with E-state index in [1.807, 2.05) is 6.92 Å². The predicted octanol–water partition coefficient (Wildman–Crippen LogP) is 1.13. The minimum atomic E-state index is -0.318. The molecule has 1 aliphatic rings. The van der Waals surface area contributed by atoms with Gasteiger partial charge in [-0.05, 0) is 25.5 Å². The molecule has 2 unspecified atom stereocenters. The van der Waals surface area contributed by atoms with Crippen molar-refractivity contribution in [2.75, 3.05) is 31.6 Å². The zero-order valence-electron chi connectivity index (χ0n) is 12.6. The van der Waals surface area contributed by atoms with Crippen molar-refractivity contribution in [3.63, 3.8) is 0 Å². The standard InChI is InChI=1S/C15H23N3O3/c1-3-6-16-14-13(5-4-7-17-14)15(20)18-8-11(2)21-12(9-18)10-19/h4-5,7,11-12,19H,3,6,8-10H2,1-2H3,(H,16,17). The van der Waals surface area contributed by atoms with Gasteiger partial charge in [0.25, 0.3) is 5.91 Å². The zero-order chi connectivity index (χ0) is 15.2. The first-order valence-electron chi connectivity index (χ1n) is 7.40. The van der Waals surface area contributed by atoms with Crippen molar-refractivity contribution in [2.45, 2.75) is 32.5 Å². The Morgan fingerprint density at radius 3 is 3.10 bits per heavy atom. The first-order chi connectivity index (χ1) is 10.2. The van der Waals surface area contributed by atoms with Gasteiger partial charge in [0.15, 0.2) is 0 Å². The van der Waals surface area contributed by atoms with Crippen molar-refractivity contribution in [2.24, 2.45) is 0 Å². The maximum absolute atomic E-state index is 12.7. The van der Waals surface area contributed by atoms with E-state index in [2.05, 4.69) is 17.2 Å². The van der Waals surface area contributed by atoms with Crippen LogP contribution in [0.4, 0.5) is 5.82 Å². The lowest BCUT2D eigenvalue weighted by Gasteiger charge is -2.36. The molecule has 0 aromatic carbocycles. The van der Waals surface area contributed by atoms with Crippen LogP contribution in [0.1, 0.15) is 30.6 Å². The van der Waals surface area contributed by atoms with Crippen LogP contribution >= 0.6 is 0 Å². The molecule has 2 N–H and O–H groups in total. The Bertz CT molecular complexity index is 481. The summed E-state index contributed by atoms with van der Waals surface area (Å²) in [5, 5.41) is 12.4. The van der Waals surface area contributed by atoms with Gasteiger partial charge in [0, 0.05) is 25.8 Å². The molecule has 0 radical (unpaired) electrons. The molecule has 1 amide bonds. The van der Waals surface area contributed by atoms with Crippen molar-refractivity contribution in [1.29, 1.82) is 0 Å². The Balaban J connectivity index is 2.15. The van der Waals surface area contributed by atoms with Gasteiger partial charge in [0.05, 0.1) is 24.4 Å². The largest absolute Gasteiger partial charge is 0.394 e. The number of ether oxygens (including phenoxy) is 1. The molecule has 0 aliphatic carbocycles. The van der Waals surface area contributed by atoms with Gasteiger partial charge in [-0.1, -0.05) is 6.92 Å². The molecular weight excluding hydrogens is 270 g/mol. The fourth-order valence-electron chi connectivity index (χ4n) is 2.44. The maximum Gasteiger partial charge on any atom is 0.257 e. The quantitative estimate of drug-likeness (QED) is 0.851. The van der Waals surface area contributed by atoms with E-state index in [0.29, 0.717) is 24.5 Å². The lowest BCUT2D eigenvalue weighted by atomic mass is 10.1. The first-order valence-corrected chi connectivity index (χ1v) is 7.40. The average molecular weight is 293 g/mol. The fourth-order valence-corrected chi connectivity index (χ4v) is 2.44. The fraction of sp³-hybridized carbons (Fsp3) is 0.600. The molecule has 1 aromatic rings. The first kappa shape index (κ1) is 15.7. The van der Waals surface area contributed by atoms with Crippen molar-refractivity contribution < 1.29 is 14.6 Å². The molecule has 21 heavy (non-hydrogen) atoms. The topological polar surface area (TPSA) is 74.7 Å². The highest BCUT2D eigenvalue weighted by Gasteiger charge is 2.29. The van der Waals surface area contributed by atoms with Crippen LogP contribution in [0.2, 0.25) is 0 Å². The molecule has 116 valence electrons. The third kappa shape index (κ3) is 3.92. The summed E-state index contributed by atoms with van der Waals surface area (Å²) in [6.07, 6.45) is 2.24. The monoisotopic (exact) mass is 293 g/mol. The molecule has 1 aliphatic heterocycles. The summed E-state index contributed by atoms with van der Waals surface area (Å²) >= 11 is 0. The highest BCUT2D eigenvalue weighted by molar-refractivity contribution is 5.98. The number of hydrogen-bond donors (Lipinski definition) is 2. The molecule has 0 spiro atoms. The highest BCUT2D eigenvalue weighted by atomic mass is 16.5. The minimum Gasteiger partial charge on any atom is -0.394 e. The van der Waals surface area contributed by atoms with E-state index in [9.17, 15) is 9.90 Å². The minimum absolute atomic E-state index is 0.0738. The Morgan fingerprint density at radius 1 is 1.57 bits per heavy atom. The molecule has 1 saturated heterocycles. The number of carbonyl (C=O) groups excluding carboxylic acids is 1. The summed E-state index contributed by atoms with van der Waals surface area (Å²) in [5.74, 6) is 0.541. The zero-order valence-corrected chi connectivity index (χ0v) is 12.6. The Kier molecular flexibility index (Phi) is 5.52. The Hall–Kier alpha value is -1.66. The number of nitrogens with zero attached hydrogens (tertiary/aromatic N) is 2. The van der Waals surface area contributed by atoms with Crippen LogP contribution in [0, 0.1) is 0 Å². The van der Waals surface area contributed by atoms with Gasteiger partial charge < -0.3 is 20.1 Å². The van der Waals surface area contributed by atoms with Gasteiger partial charge in [-0.25, -0.2) is 4.98 Å². The van der Waals surface area contributed by atoms with E-state index in [0.717, 1.165) is 13.0 Å². The molecule has 2 rings (SSSR count). The number of carbonyl (C=O) groups is 1. The van der Waals surface area contributed by atoms with Crippen LogP contribution in [0.25, 0.3) is 0 Å². The summed E-state index contributed by atoms with van der Waals surface area (Å²) in [6, 6.07) is 3.54. The van der Waals surface area contributed by atoms with Crippen LogP contribution in [0.15, 0.2) is 18.3 Å². The van der Waals surface area contributed by atoms with Gasteiger partial charge in [0.1, 0.15) is 5.82 Å². The second-order valence-corrected chi connectivity index (χ2v) is 5.29. The van der Waals surface area contributed by atoms with Crippen molar-refractivity contribution in [3.05, 3.63) is 23.9 Å². The van der Waals surface area contributed by atoms with E-state index >= 15 is 0 Å². The van der Waals surface area contributed by atoms with E-state index in [4.69, 9.17) is 4.74 Å². The van der Waals surface area contributed by atoms with Gasteiger partial charge in [-0.2, -0.15) is 0 Å². The van der Waals surface area contributed by atoms with Crippen LogP contribution in [-0.4, -0.2) is 59.3 Å². The van der Waals surface area contributed by atoms with E-state index in [1.165, 1.54) is 0 Å². The number of aliphatic hydroxyl groups is 1. The molecule has 2 atom stereocenters. The molecule has 0 bridgehead atoms. The van der Waals surface area contributed by atoms with Crippen molar-refractivity contribution in [3.8, 4) is 0 Å². The molecule has 6 heteroatoms. The predicted molar refractivity (Wildman–Crippen MR) is 80.3 cm³/mol. The summed E-state index contributed by atoms with van der Waals surface area (Å²) in [6.45, 7) is 5.59. The summed E-state index contributed by atoms with van der Waals surface area (Å²) in [7, 11) is 0. The average Bonchev–Trinajstić information content (AvgIpc) is 2.51. The third-order valence-electron chi connectivity index (χ3n) is 3.40. The van der Waals surface area contributed by atoms with E-state index in [1.54, 1.807) is 23.2 Å². The molecule has 0 saturated carbocycles. The summed E-state index contributed by atoms with van der Waals surface area (Å²) in [5.41, 5.74) is 0.566. The second-order valence-electron chi connectivity index (χ2n) is 5.29. The number of aromatic nitrogens is 1. The Labute approximate surface area is 125 Å². The number of amides is 1. The number of anilines is 1.